The Labute approximate surface area is 113 Å². The molecule has 0 aromatic heterocycles. The number of esters is 1. The van der Waals surface area contributed by atoms with Crippen LogP contribution in [0.3, 0.4) is 0 Å². The van der Waals surface area contributed by atoms with Gasteiger partial charge in [-0.2, -0.15) is 0 Å². The van der Waals surface area contributed by atoms with Crippen LogP contribution in [-0.2, 0) is 14.3 Å². The summed E-state index contributed by atoms with van der Waals surface area (Å²) in [5.74, 6) is -0.291. The topological polar surface area (TPSA) is 55.8 Å². The third-order valence-corrected chi connectivity index (χ3v) is 3.45. The summed E-state index contributed by atoms with van der Waals surface area (Å²) in [4.78, 5) is 25.5. The van der Waals surface area contributed by atoms with E-state index in [1.54, 1.807) is 4.90 Å². The second-order valence-electron chi connectivity index (χ2n) is 6.07. The van der Waals surface area contributed by atoms with Gasteiger partial charge in [-0.1, -0.05) is 6.08 Å². The van der Waals surface area contributed by atoms with E-state index in [0.717, 1.165) is 12.8 Å². The van der Waals surface area contributed by atoms with E-state index in [9.17, 15) is 9.59 Å². The molecule has 0 N–H and O–H groups in total. The van der Waals surface area contributed by atoms with Gasteiger partial charge in [0.1, 0.15) is 5.60 Å². The van der Waals surface area contributed by atoms with Crippen molar-refractivity contribution in [3.05, 3.63) is 11.6 Å². The van der Waals surface area contributed by atoms with Crippen LogP contribution < -0.4 is 0 Å². The van der Waals surface area contributed by atoms with Crippen molar-refractivity contribution in [2.45, 2.75) is 57.7 Å². The zero-order chi connectivity index (χ0) is 14.2. The van der Waals surface area contributed by atoms with Crippen LogP contribution in [0.2, 0.25) is 0 Å². The largest absolute Gasteiger partial charge is 0.466 e. The van der Waals surface area contributed by atoms with E-state index in [1.165, 1.54) is 7.11 Å². The standard InChI is InChI=1S/C14H21NO4/c1-14(2,3)19-13(17)15-10-5-6-11(15)8-9(7-10)12(16)18-4/h7,10-11H,5-6,8H2,1-4H3. The second kappa shape index (κ2) is 4.87. The summed E-state index contributed by atoms with van der Waals surface area (Å²) in [5, 5.41) is 0. The van der Waals surface area contributed by atoms with Gasteiger partial charge < -0.3 is 9.47 Å². The zero-order valence-corrected chi connectivity index (χ0v) is 11.9. The van der Waals surface area contributed by atoms with Crippen LogP contribution in [0.15, 0.2) is 11.6 Å². The number of nitrogens with zero attached hydrogens (tertiary/aromatic N) is 1. The predicted molar refractivity (Wildman–Crippen MR) is 69.6 cm³/mol. The number of methoxy groups -OCH3 is 1. The first-order chi connectivity index (χ1) is 8.81. The first kappa shape index (κ1) is 13.9. The van der Waals surface area contributed by atoms with E-state index in [1.807, 2.05) is 26.8 Å². The van der Waals surface area contributed by atoms with E-state index < -0.39 is 5.60 Å². The molecule has 106 valence electrons. The number of carbonyl (C=O) groups excluding carboxylic acids is 2. The Bertz CT molecular complexity index is 422. The molecule has 19 heavy (non-hydrogen) atoms. The molecule has 0 aromatic rings. The van der Waals surface area contributed by atoms with E-state index >= 15 is 0 Å². The van der Waals surface area contributed by atoms with Gasteiger partial charge >= 0.3 is 12.1 Å². The van der Waals surface area contributed by atoms with Gasteiger partial charge in [0.2, 0.25) is 0 Å². The lowest BCUT2D eigenvalue weighted by Crippen LogP contribution is -2.46. The van der Waals surface area contributed by atoms with Crippen molar-refractivity contribution >= 4 is 12.1 Å². The van der Waals surface area contributed by atoms with Crippen molar-refractivity contribution in [1.82, 2.24) is 4.90 Å². The molecule has 0 aliphatic carbocycles. The molecular weight excluding hydrogens is 246 g/mol. The van der Waals surface area contributed by atoms with Crippen LogP contribution in [0.4, 0.5) is 4.79 Å². The second-order valence-corrected chi connectivity index (χ2v) is 6.07. The highest BCUT2D eigenvalue weighted by Crippen LogP contribution is 2.36. The molecule has 1 saturated heterocycles. The minimum atomic E-state index is -0.497. The molecule has 5 heteroatoms. The highest BCUT2D eigenvalue weighted by atomic mass is 16.6. The Morgan fingerprint density at radius 1 is 1.32 bits per heavy atom. The molecule has 5 nitrogen and oxygen atoms in total. The van der Waals surface area contributed by atoms with Gasteiger partial charge in [0.15, 0.2) is 0 Å². The molecule has 2 heterocycles. The number of hydrogen-bond donors (Lipinski definition) is 0. The fourth-order valence-electron chi connectivity index (χ4n) is 2.71. The maximum absolute atomic E-state index is 12.2. The highest BCUT2D eigenvalue weighted by Gasteiger charge is 2.42. The molecule has 2 bridgehead atoms. The number of rotatable bonds is 1. The Morgan fingerprint density at radius 3 is 2.53 bits per heavy atom. The molecule has 2 aliphatic rings. The maximum Gasteiger partial charge on any atom is 0.411 e. The van der Waals surface area contributed by atoms with Crippen LogP contribution in [0.25, 0.3) is 0 Å². The first-order valence-electron chi connectivity index (χ1n) is 6.62. The highest BCUT2D eigenvalue weighted by molar-refractivity contribution is 5.89. The van der Waals surface area contributed by atoms with Crippen LogP contribution in [0, 0.1) is 0 Å². The smallest absolute Gasteiger partial charge is 0.411 e. The zero-order valence-electron chi connectivity index (χ0n) is 11.9. The van der Waals surface area contributed by atoms with Crippen LogP contribution in [-0.4, -0.2) is 41.8 Å². The van der Waals surface area contributed by atoms with Crippen LogP contribution in [0.1, 0.15) is 40.0 Å². The number of ether oxygens (including phenoxy) is 2. The Kier molecular flexibility index (Phi) is 3.56. The Hall–Kier alpha value is -1.52. The molecule has 1 fully saturated rings. The molecule has 1 amide bonds. The van der Waals surface area contributed by atoms with E-state index in [0.29, 0.717) is 12.0 Å². The molecule has 0 aromatic carbocycles. The Morgan fingerprint density at radius 2 is 2.00 bits per heavy atom. The fraction of sp³-hybridized carbons (Fsp3) is 0.714. The van der Waals surface area contributed by atoms with Gasteiger partial charge in [-0.3, -0.25) is 4.90 Å². The lowest BCUT2D eigenvalue weighted by molar-refractivity contribution is -0.136. The lowest BCUT2D eigenvalue weighted by Gasteiger charge is -2.34. The SMILES string of the molecule is COC(=O)C1=CC2CCC(C1)N2C(=O)OC(C)(C)C. The molecule has 2 aliphatic heterocycles. The van der Waals surface area contributed by atoms with Gasteiger partial charge in [-0.25, -0.2) is 9.59 Å². The minimum absolute atomic E-state index is 0.0392. The molecule has 0 saturated carbocycles. The summed E-state index contributed by atoms with van der Waals surface area (Å²) in [6.45, 7) is 5.56. The quantitative estimate of drug-likeness (QED) is 0.684. The average Bonchev–Trinajstić information content (AvgIpc) is 2.57. The van der Waals surface area contributed by atoms with E-state index in [2.05, 4.69) is 0 Å². The van der Waals surface area contributed by atoms with Gasteiger partial charge in [-0.05, 0) is 40.0 Å². The number of fused-ring (bicyclic) bond motifs is 2. The summed E-state index contributed by atoms with van der Waals surface area (Å²) < 4.78 is 10.2. The van der Waals surface area contributed by atoms with Crippen molar-refractivity contribution in [3.8, 4) is 0 Å². The third kappa shape index (κ3) is 2.91. The fourth-order valence-corrected chi connectivity index (χ4v) is 2.71. The van der Waals surface area contributed by atoms with Crippen molar-refractivity contribution < 1.29 is 19.1 Å². The molecule has 0 spiro atoms. The maximum atomic E-state index is 12.2. The summed E-state index contributed by atoms with van der Waals surface area (Å²) in [6.07, 6.45) is 3.90. The van der Waals surface area contributed by atoms with E-state index in [-0.39, 0.29) is 24.1 Å². The van der Waals surface area contributed by atoms with Crippen molar-refractivity contribution in [1.29, 1.82) is 0 Å². The lowest BCUT2D eigenvalue weighted by atomic mass is 10.0. The van der Waals surface area contributed by atoms with Gasteiger partial charge in [0, 0.05) is 11.6 Å². The number of hydrogen-bond acceptors (Lipinski definition) is 4. The number of amides is 1. The van der Waals surface area contributed by atoms with Gasteiger partial charge in [-0.15, -0.1) is 0 Å². The average molecular weight is 267 g/mol. The normalized spacial score (nSPS) is 25.9. The van der Waals surface area contributed by atoms with Crippen molar-refractivity contribution in [2.75, 3.05) is 7.11 Å². The molecule has 2 atom stereocenters. The summed E-state index contributed by atoms with van der Waals surface area (Å²) in [5.41, 5.74) is 0.179. The first-order valence-corrected chi connectivity index (χ1v) is 6.62. The third-order valence-electron chi connectivity index (χ3n) is 3.45. The molecule has 0 radical (unpaired) electrons. The molecule has 2 unspecified atom stereocenters. The molecule has 2 rings (SSSR count). The summed E-state index contributed by atoms with van der Waals surface area (Å²) in [6, 6.07) is 0.0154. The predicted octanol–water partition coefficient (Wildman–Crippen LogP) is 2.26. The van der Waals surface area contributed by atoms with Gasteiger partial charge in [0.05, 0.1) is 13.2 Å². The van der Waals surface area contributed by atoms with Crippen molar-refractivity contribution in [2.24, 2.45) is 0 Å². The minimum Gasteiger partial charge on any atom is -0.466 e. The molecular formula is C14H21NO4. The van der Waals surface area contributed by atoms with Crippen LogP contribution >= 0.6 is 0 Å². The number of carbonyl (C=O) groups is 2. The Balaban J connectivity index is 2.12. The van der Waals surface area contributed by atoms with E-state index in [4.69, 9.17) is 9.47 Å². The summed E-state index contributed by atoms with van der Waals surface area (Å²) >= 11 is 0. The summed E-state index contributed by atoms with van der Waals surface area (Å²) in [7, 11) is 1.38. The monoisotopic (exact) mass is 267 g/mol. The van der Waals surface area contributed by atoms with Gasteiger partial charge in [0.25, 0.3) is 0 Å². The van der Waals surface area contributed by atoms with Crippen LogP contribution in [0.5, 0.6) is 0 Å². The van der Waals surface area contributed by atoms with Crippen molar-refractivity contribution in [3.63, 3.8) is 0 Å².